The lowest BCUT2D eigenvalue weighted by Crippen LogP contribution is -2.15. The molecule has 2 aromatic carbocycles. The van der Waals surface area contributed by atoms with E-state index in [0.717, 1.165) is 0 Å². The topological polar surface area (TPSA) is 75.4 Å². The third kappa shape index (κ3) is 4.37. The average Bonchev–Trinajstić information content (AvgIpc) is 2.65. The molecule has 1 unspecified atom stereocenters. The summed E-state index contributed by atoms with van der Waals surface area (Å²) in [7, 11) is 1.41. The number of hydrogen-bond donors (Lipinski definition) is 0. The highest BCUT2D eigenvalue weighted by Gasteiger charge is 2.32. The molecule has 1 atom stereocenters. The van der Waals surface area contributed by atoms with Crippen LogP contribution in [0.15, 0.2) is 29.3 Å². The van der Waals surface area contributed by atoms with E-state index in [1.165, 1.54) is 31.4 Å². The third-order valence-electron chi connectivity index (χ3n) is 3.38. The molecule has 144 valence electrons. The van der Waals surface area contributed by atoms with Crippen molar-refractivity contribution in [1.29, 1.82) is 0 Å². The fourth-order valence-electron chi connectivity index (χ4n) is 2.02. The Kier molecular flexibility index (Phi) is 6.39. The summed E-state index contributed by atoms with van der Waals surface area (Å²) in [4.78, 5) is 9.90. The Hall–Kier alpha value is -2.66. The van der Waals surface area contributed by atoms with E-state index in [0.29, 0.717) is 11.3 Å². The first-order chi connectivity index (χ1) is 12.7. The molecule has 0 heterocycles. The number of methoxy groups -OCH3 is 1. The molecule has 0 aromatic heterocycles. The first kappa shape index (κ1) is 20.6. The maximum absolute atomic E-state index is 13.7. The molecule has 0 amide bonds. The second-order valence-electron chi connectivity index (χ2n) is 5.06. The molecule has 0 spiro atoms. The molecule has 5 nitrogen and oxygen atoms in total. The summed E-state index contributed by atoms with van der Waals surface area (Å²) in [6.07, 6.45) is 0.0793. The van der Waals surface area contributed by atoms with Gasteiger partial charge in [0.25, 0.3) is 0 Å². The Morgan fingerprint density at radius 2 is 1.52 bits per heavy atom. The molecular formula is C16H10F5NO4S. The Morgan fingerprint density at radius 3 is 1.96 bits per heavy atom. The lowest BCUT2D eigenvalue weighted by atomic mass is 10.1. The van der Waals surface area contributed by atoms with E-state index in [2.05, 4.69) is 0 Å². The van der Waals surface area contributed by atoms with E-state index in [1.54, 1.807) is 0 Å². The summed E-state index contributed by atoms with van der Waals surface area (Å²) in [6, 6.07) is 5.89. The van der Waals surface area contributed by atoms with Gasteiger partial charge in [-0.05, 0) is 12.1 Å². The summed E-state index contributed by atoms with van der Waals surface area (Å²) in [5.74, 6) is -11.4. The summed E-state index contributed by atoms with van der Waals surface area (Å²) >= 11 is -2.43. The van der Waals surface area contributed by atoms with Crippen molar-refractivity contribution < 1.29 is 36.2 Å². The van der Waals surface area contributed by atoms with Gasteiger partial charge in [-0.1, -0.05) is 12.1 Å². The molecule has 2 rings (SSSR count). The van der Waals surface area contributed by atoms with Gasteiger partial charge in [0.15, 0.2) is 23.3 Å². The smallest absolute Gasteiger partial charge is 0.441 e. The highest BCUT2D eigenvalue weighted by atomic mass is 32.2. The molecule has 0 aliphatic carbocycles. The van der Waals surface area contributed by atoms with Gasteiger partial charge in [-0.15, -0.1) is 0 Å². The van der Waals surface area contributed by atoms with E-state index in [9.17, 15) is 36.6 Å². The molecule has 0 aliphatic rings. The molecule has 0 saturated carbocycles. The van der Waals surface area contributed by atoms with Gasteiger partial charge < -0.3 is 9.29 Å². The zero-order chi connectivity index (χ0) is 20.3. The van der Waals surface area contributed by atoms with E-state index >= 15 is 0 Å². The maximum Gasteiger partial charge on any atom is 0.441 e. The van der Waals surface area contributed by atoms with Crippen LogP contribution in [0.1, 0.15) is 11.1 Å². The van der Waals surface area contributed by atoms with Gasteiger partial charge in [0.2, 0.25) is 5.82 Å². The summed E-state index contributed by atoms with van der Waals surface area (Å²) in [6.45, 7) is 0. The number of halogens is 5. The Balaban J connectivity index is 2.43. The van der Waals surface area contributed by atoms with Crippen molar-refractivity contribution in [3.05, 3.63) is 79.6 Å². The molecule has 0 fully saturated rings. The van der Waals surface area contributed by atoms with Crippen LogP contribution in [0.3, 0.4) is 0 Å². The van der Waals surface area contributed by atoms with Crippen LogP contribution in [0.2, 0.25) is 0 Å². The lowest BCUT2D eigenvalue weighted by Gasteiger charge is -2.09. The second-order valence-corrected chi connectivity index (χ2v) is 6.46. The number of hydrogen-bond acceptors (Lipinski definition) is 4. The first-order valence-corrected chi connectivity index (χ1v) is 8.38. The fourth-order valence-corrected chi connectivity index (χ4v) is 3.08. The van der Waals surface area contributed by atoms with Crippen molar-refractivity contribution in [1.82, 2.24) is 0 Å². The molecular weight excluding hydrogens is 397 g/mol. The highest BCUT2D eigenvalue weighted by Crippen LogP contribution is 2.27. The number of benzene rings is 2. The molecule has 0 saturated heterocycles. The van der Waals surface area contributed by atoms with Crippen LogP contribution in [0.5, 0.6) is 5.75 Å². The quantitative estimate of drug-likeness (QED) is 0.182. The minimum Gasteiger partial charge on any atom is -0.606 e. The fraction of sp³-hybridized carbons (Fsp3) is 0.125. The van der Waals surface area contributed by atoms with Crippen molar-refractivity contribution >= 4 is 17.3 Å². The predicted octanol–water partition coefficient (Wildman–Crippen LogP) is 3.91. The Bertz CT molecular complexity index is 876. The van der Waals surface area contributed by atoms with Crippen LogP contribution in [-0.4, -0.2) is 16.6 Å². The van der Waals surface area contributed by atoms with Crippen molar-refractivity contribution in [3.8, 4) is 5.75 Å². The summed E-state index contributed by atoms with van der Waals surface area (Å²) < 4.78 is 84.1. The molecule has 2 aromatic rings. The lowest BCUT2D eigenvalue weighted by molar-refractivity contribution is -0.410. The molecule has 0 N–H and O–H groups in total. The second kappa shape index (κ2) is 8.35. The van der Waals surface area contributed by atoms with E-state index in [4.69, 9.17) is 4.74 Å². The normalized spacial score (nSPS) is 12.8. The zero-order valence-electron chi connectivity index (χ0n) is 13.5. The van der Waals surface area contributed by atoms with Crippen LogP contribution in [0.4, 0.5) is 22.0 Å². The van der Waals surface area contributed by atoms with Crippen molar-refractivity contribution in [2.45, 2.75) is 5.75 Å². The molecule has 0 radical (unpaired) electrons. The minimum atomic E-state index is -2.43. The standard InChI is InChI=1S/C16H10F5NO4S/c1-26-9-4-2-8(3-5-9)7-27(25)11(22(23)24)6-10-12(17)14(19)16(21)15(20)13(10)18/h2-6H,7H2,1H3/b11-6-. The molecule has 0 bridgehead atoms. The van der Waals surface area contributed by atoms with Crippen LogP contribution >= 0.6 is 0 Å². The van der Waals surface area contributed by atoms with E-state index in [1.807, 2.05) is 0 Å². The van der Waals surface area contributed by atoms with Crippen molar-refractivity contribution in [3.63, 3.8) is 0 Å². The zero-order valence-corrected chi connectivity index (χ0v) is 14.3. The Labute approximate surface area is 152 Å². The third-order valence-corrected chi connectivity index (χ3v) is 4.71. The average molecular weight is 407 g/mol. The van der Waals surface area contributed by atoms with Crippen LogP contribution in [0, 0.1) is 39.2 Å². The number of nitro groups is 1. The SMILES string of the molecule is COc1ccc(C[S+]([O-])/C(=C\c2c(F)c(F)c(F)c(F)c2F)[N+](=O)[O-])cc1. The number of ether oxygens (including phenoxy) is 1. The number of nitrogens with zero attached hydrogens (tertiary/aromatic N) is 1. The van der Waals surface area contributed by atoms with Crippen LogP contribution < -0.4 is 4.74 Å². The minimum absolute atomic E-state index is 0.0793. The molecule has 27 heavy (non-hydrogen) atoms. The van der Waals surface area contributed by atoms with Crippen LogP contribution in [0.25, 0.3) is 6.08 Å². The van der Waals surface area contributed by atoms with E-state index < -0.39 is 61.5 Å². The van der Waals surface area contributed by atoms with Crippen molar-refractivity contribution in [2.24, 2.45) is 0 Å². The van der Waals surface area contributed by atoms with Gasteiger partial charge >= 0.3 is 5.03 Å². The van der Waals surface area contributed by atoms with Gasteiger partial charge in [-0.25, -0.2) is 22.0 Å². The van der Waals surface area contributed by atoms with Gasteiger partial charge in [0.05, 0.1) is 29.9 Å². The van der Waals surface area contributed by atoms with Crippen molar-refractivity contribution in [2.75, 3.05) is 7.11 Å². The molecule has 0 aliphatic heterocycles. The van der Waals surface area contributed by atoms with Gasteiger partial charge in [0, 0.05) is 5.56 Å². The first-order valence-electron chi connectivity index (χ1n) is 7.06. The van der Waals surface area contributed by atoms with Gasteiger partial charge in [0.1, 0.15) is 16.4 Å². The predicted molar refractivity (Wildman–Crippen MR) is 86.0 cm³/mol. The number of rotatable bonds is 6. The highest BCUT2D eigenvalue weighted by molar-refractivity contribution is 7.94. The van der Waals surface area contributed by atoms with Gasteiger partial charge in [-0.3, -0.25) is 10.1 Å². The monoisotopic (exact) mass is 407 g/mol. The maximum atomic E-state index is 13.7. The summed E-state index contributed by atoms with van der Waals surface area (Å²) in [5.41, 5.74) is -1.18. The molecule has 11 heteroatoms. The van der Waals surface area contributed by atoms with Gasteiger partial charge in [-0.2, -0.15) is 0 Å². The Morgan fingerprint density at radius 1 is 1.04 bits per heavy atom. The largest absolute Gasteiger partial charge is 0.606 e. The van der Waals surface area contributed by atoms with E-state index in [-0.39, 0.29) is 6.08 Å². The van der Waals surface area contributed by atoms with Crippen LogP contribution in [-0.2, 0) is 16.9 Å². The summed E-state index contributed by atoms with van der Waals surface area (Å²) in [5, 5.41) is 9.90.